The molecule has 0 aliphatic rings. The maximum atomic E-state index is 12.5. The van der Waals surface area contributed by atoms with Gasteiger partial charge in [-0.25, -0.2) is 0 Å². The van der Waals surface area contributed by atoms with Crippen LogP contribution in [-0.2, 0) is 6.18 Å². The third-order valence-electron chi connectivity index (χ3n) is 2.35. The molecule has 1 aromatic heterocycles. The number of nitrogens with zero attached hydrogens (tertiary/aromatic N) is 1. The molecule has 0 aliphatic carbocycles. The fourth-order valence-corrected chi connectivity index (χ4v) is 2.74. The molecule has 7 heteroatoms. The molecule has 1 heterocycles. The Labute approximate surface area is 130 Å². The van der Waals surface area contributed by atoms with Crippen molar-refractivity contribution in [1.29, 1.82) is 0 Å². The van der Waals surface area contributed by atoms with Gasteiger partial charge in [0, 0.05) is 20.4 Å². The molecule has 0 amide bonds. The summed E-state index contributed by atoms with van der Waals surface area (Å²) in [5.74, 6) is 0. The monoisotopic (exact) mass is 417 g/mol. The van der Waals surface area contributed by atoms with Crippen LogP contribution in [0, 0.1) is 3.57 Å². The minimum absolute atomic E-state index is 0.345. The predicted molar refractivity (Wildman–Crippen MR) is 77.4 cm³/mol. The molecule has 0 radical (unpaired) electrons. The average molecular weight is 418 g/mol. The van der Waals surface area contributed by atoms with Gasteiger partial charge in [0.05, 0.1) is 16.3 Å². The predicted octanol–water partition coefficient (Wildman–Crippen LogP) is 5.68. The van der Waals surface area contributed by atoms with E-state index in [9.17, 15) is 13.2 Å². The zero-order chi connectivity index (χ0) is 14.2. The quantitative estimate of drug-likeness (QED) is 0.544. The van der Waals surface area contributed by atoms with Crippen molar-refractivity contribution in [2.24, 2.45) is 0 Å². The van der Waals surface area contributed by atoms with Gasteiger partial charge in [-0.1, -0.05) is 23.2 Å². The third kappa shape index (κ3) is 3.32. The highest BCUT2D eigenvalue weighted by molar-refractivity contribution is 14.1. The summed E-state index contributed by atoms with van der Waals surface area (Å²) in [6.07, 6.45) is -3.61. The van der Waals surface area contributed by atoms with Gasteiger partial charge < -0.3 is 0 Å². The third-order valence-corrected chi connectivity index (χ3v) is 3.72. The van der Waals surface area contributed by atoms with Crippen LogP contribution in [0.4, 0.5) is 13.2 Å². The second-order valence-electron chi connectivity index (χ2n) is 3.68. The van der Waals surface area contributed by atoms with Gasteiger partial charge in [0.15, 0.2) is 0 Å². The number of hydrogen-bond donors (Lipinski definition) is 0. The first-order valence-corrected chi connectivity index (χ1v) is 6.80. The number of rotatable bonds is 1. The Kier molecular flexibility index (Phi) is 4.27. The van der Waals surface area contributed by atoms with Crippen molar-refractivity contribution in [1.82, 2.24) is 4.98 Å². The highest BCUT2D eigenvalue weighted by Crippen LogP contribution is 2.35. The van der Waals surface area contributed by atoms with Crippen LogP contribution in [0.25, 0.3) is 11.3 Å². The van der Waals surface area contributed by atoms with E-state index in [1.807, 2.05) is 0 Å². The lowest BCUT2D eigenvalue weighted by Crippen LogP contribution is -2.06. The Hall–Kier alpha value is -0.530. The van der Waals surface area contributed by atoms with Crippen LogP contribution in [0.5, 0.6) is 0 Å². The van der Waals surface area contributed by atoms with Crippen LogP contribution in [0.3, 0.4) is 0 Å². The molecule has 0 spiro atoms. The first kappa shape index (κ1) is 14.9. The van der Waals surface area contributed by atoms with E-state index in [0.717, 1.165) is 12.3 Å². The van der Waals surface area contributed by atoms with Crippen LogP contribution >= 0.6 is 45.8 Å². The lowest BCUT2D eigenvalue weighted by atomic mass is 10.1. The van der Waals surface area contributed by atoms with E-state index >= 15 is 0 Å². The number of pyridine rings is 1. The SMILES string of the molecule is FC(F)(F)c1cnc(-c2ccc(Cl)cc2Cl)c(I)c1. The number of hydrogen-bond acceptors (Lipinski definition) is 1. The van der Waals surface area contributed by atoms with Crippen LogP contribution in [-0.4, -0.2) is 4.98 Å². The van der Waals surface area contributed by atoms with Crippen LogP contribution in [0.1, 0.15) is 5.56 Å². The van der Waals surface area contributed by atoms with Gasteiger partial charge in [-0.05, 0) is 46.9 Å². The highest BCUT2D eigenvalue weighted by atomic mass is 127. The largest absolute Gasteiger partial charge is 0.417 e. The molecule has 0 saturated carbocycles. The minimum atomic E-state index is -4.41. The Bertz CT molecular complexity index is 629. The molecule has 0 bridgehead atoms. The molecular weight excluding hydrogens is 413 g/mol. The van der Waals surface area contributed by atoms with Crippen molar-refractivity contribution >= 4 is 45.8 Å². The van der Waals surface area contributed by atoms with E-state index in [0.29, 0.717) is 24.9 Å². The zero-order valence-corrected chi connectivity index (χ0v) is 12.8. The van der Waals surface area contributed by atoms with E-state index in [1.165, 1.54) is 6.07 Å². The van der Waals surface area contributed by atoms with Crippen LogP contribution in [0.15, 0.2) is 30.5 Å². The Morgan fingerprint density at radius 3 is 2.32 bits per heavy atom. The summed E-state index contributed by atoms with van der Waals surface area (Å²) in [7, 11) is 0. The van der Waals surface area contributed by atoms with Crippen LogP contribution in [0.2, 0.25) is 10.0 Å². The van der Waals surface area contributed by atoms with E-state index in [4.69, 9.17) is 23.2 Å². The van der Waals surface area contributed by atoms with E-state index in [1.54, 1.807) is 34.7 Å². The minimum Gasteiger partial charge on any atom is -0.254 e. The lowest BCUT2D eigenvalue weighted by molar-refractivity contribution is -0.137. The van der Waals surface area contributed by atoms with Crippen molar-refractivity contribution in [3.63, 3.8) is 0 Å². The number of benzene rings is 1. The fraction of sp³-hybridized carbons (Fsp3) is 0.0833. The molecule has 0 atom stereocenters. The van der Waals surface area contributed by atoms with Gasteiger partial charge in [-0.2, -0.15) is 13.2 Å². The maximum absolute atomic E-state index is 12.5. The number of alkyl halides is 3. The molecule has 19 heavy (non-hydrogen) atoms. The van der Waals surface area contributed by atoms with Gasteiger partial charge in [-0.3, -0.25) is 4.98 Å². The topological polar surface area (TPSA) is 12.9 Å². The molecule has 0 saturated heterocycles. The van der Waals surface area contributed by atoms with Gasteiger partial charge >= 0.3 is 6.18 Å². The van der Waals surface area contributed by atoms with Crippen molar-refractivity contribution in [2.75, 3.05) is 0 Å². The van der Waals surface area contributed by atoms with Gasteiger partial charge in [0.1, 0.15) is 0 Å². The Morgan fingerprint density at radius 1 is 1.11 bits per heavy atom. The number of halogens is 6. The molecule has 2 rings (SSSR count). The molecule has 1 nitrogen and oxygen atoms in total. The molecular formula is C12H5Cl2F3IN. The zero-order valence-electron chi connectivity index (χ0n) is 9.10. The van der Waals surface area contributed by atoms with E-state index < -0.39 is 11.7 Å². The normalized spacial score (nSPS) is 11.7. The van der Waals surface area contributed by atoms with Crippen molar-refractivity contribution < 1.29 is 13.2 Å². The first-order chi connectivity index (χ1) is 8.79. The fourth-order valence-electron chi connectivity index (χ4n) is 1.47. The van der Waals surface area contributed by atoms with Gasteiger partial charge in [-0.15, -0.1) is 0 Å². The summed E-state index contributed by atoms with van der Waals surface area (Å²) >= 11 is 13.6. The molecule has 2 aromatic rings. The van der Waals surface area contributed by atoms with Crippen LogP contribution < -0.4 is 0 Å². The van der Waals surface area contributed by atoms with E-state index in [2.05, 4.69) is 4.98 Å². The molecule has 1 aromatic carbocycles. The summed E-state index contributed by atoms with van der Waals surface area (Å²) in [4.78, 5) is 3.85. The smallest absolute Gasteiger partial charge is 0.254 e. The Balaban J connectivity index is 2.52. The number of aromatic nitrogens is 1. The van der Waals surface area contributed by atoms with Gasteiger partial charge in [0.2, 0.25) is 0 Å². The lowest BCUT2D eigenvalue weighted by Gasteiger charge is -2.10. The molecule has 0 N–H and O–H groups in total. The molecule has 100 valence electrons. The summed E-state index contributed by atoms with van der Waals surface area (Å²) < 4.78 is 38.0. The summed E-state index contributed by atoms with van der Waals surface area (Å²) in [5, 5.41) is 0.799. The first-order valence-electron chi connectivity index (χ1n) is 4.97. The maximum Gasteiger partial charge on any atom is 0.417 e. The summed E-state index contributed by atoms with van der Waals surface area (Å²) in [6.45, 7) is 0. The molecule has 0 aliphatic heterocycles. The summed E-state index contributed by atoms with van der Waals surface area (Å²) in [6, 6.07) is 5.79. The average Bonchev–Trinajstić information content (AvgIpc) is 2.28. The molecule has 0 unspecified atom stereocenters. The highest BCUT2D eigenvalue weighted by Gasteiger charge is 2.31. The summed E-state index contributed by atoms with van der Waals surface area (Å²) in [5.41, 5.74) is 0.158. The Morgan fingerprint density at radius 2 is 1.79 bits per heavy atom. The van der Waals surface area contributed by atoms with Gasteiger partial charge in [0.25, 0.3) is 0 Å². The van der Waals surface area contributed by atoms with Crippen molar-refractivity contribution in [3.05, 3.63) is 49.6 Å². The van der Waals surface area contributed by atoms with Crippen molar-refractivity contribution in [3.8, 4) is 11.3 Å². The standard InChI is InChI=1S/C12H5Cl2F3IN/c13-7-1-2-8(9(14)4-7)11-10(18)3-6(5-19-11)12(15,16)17/h1-5H. The molecule has 0 fully saturated rings. The van der Waals surface area contributed by atoms with E-state index in [-0.39, 0.29) is 0 Å². The van der Waals surface area contributed by atoms with Crippen molar-refractivity contribution in [2.45, 2.75) is 6.18 Å². The second kappa shape index (κ2) is 5.46. The second-order valence-corrected chi connectivity index (χ2v) is 5.68.